The number of allylic oxidation sites excluding steroid dienone is 7. The van der Waals surface area contributed by atoms with Crippen molar-refractivity contribution in [3.63, 3.8) is 0 Å². The van der Waals surface area contributed by atoms with Crippen LogP contribution in [0.3, 0.4) is 0 Å². The maximum Gasteiger partial charge on any atom is 0.0910 e. The normalized spacial score (nSPS) is 46.0. The third-order valence-electron chi connectivity index (χ3n) is 41.2. The Balaban J connectivity index is 0.000000136. The van der Waals surface area contributed by atoms with Crippen LogP contribution in [0.25, 0.3) is 0 Å². The summed E-state index contributed by atoms with van der Waals surface area (Å²) in [6.07, 6.45) is 59.2. The minimum Gasteiger partial charge on any atom is -0.393 e. The number of rotatable bonds is 20. The molecule has 16 rings (SSSR count). The monoisotopic (exact) mass is 1640 g/mol. The van der Waals surface area contributed by atoms with Gasteiger partial charge in [-0.2, -0.15) is 0 Å². The molecule has 16 aliphatic rings. The van der Waals surface area contributed by atoms with E-state index in [1.54, 1.807) is 16.7 Å². The number of hydrogen-bond acceptors (Lipinski definition) is 9. The van der Waals surface area contributed by atoms with Crippen molar-refractivity contribution in [2.75, 3.05) is 0 Å². The van der Waals surface area contributed by atoms with Crippen molar-refractivity contribution in [1.29, 1.82) is 0 Å². The van der Waals surface area contributed by atoms with Crippen molar-refractivity contribution in [2.24, 2.45) is 150 Å². The van der Waals surface area contributed by atoms with Gasteiger partial charge in [0, 0.05) is 0 Å². The van der Waals surface area contributed by atoms with Crippen LogP contribution in [0.4, 0.5) is 0 Å². The highest BCUT2D eigenvalue weighted by Crippen LogP contribution is 2.73. The lowest BCUT2D eigenvalue weighted by atomic mass is 9.46. The lowest BCUT2D eigenvalue weighted by Crippen LogP contribution is -2.55. The molecule has 0 radical (unpaired) electrons. The summed E-state index contributed by atoms with van der Waals surface area (Å²) in [5.74, 6) is 11.8. The molecule has 33 atom stereocenters. The van der Waals surface area contributed by atoms with Gasteiger partial charge in [0.15, 0.2) is 0 Å². The van der Waals surface area contributed by atoms with Gasteiger partial charge in [-0.15, -0.1) is 6.58 Å². The molecule has 9 nitrogen and oxygen atoms in total. The highest BCUT2D eigenvalue weighted by atomic mass is 16.3. The van der Waals surface area contributed by atoms with Crippen molar-refractivity contribution in [2.45, 2.75) is 461 Å². The maximum atomic E-state index is 11.6. The molecule has 0 amide bonds. The van der Waals surface area contributed by atoms with E-state index < -0.39 is 28.5 Å². The minimum absolute atomic E-state index is 0.114. The molecule has 0 heterocycles. The third kappa shape index (κ3) is 17.7. The molecule has 16 unspecified atom stereocenters. The van der Waals surface area contributed by atoms with Gasteiger partial charge in [0.1, 0.15) is 0 Å². The zero-order valence-electron chi connectivity index (χ0n) is 79.3. The summed E-state index contributed by atoms with van der Waals surface area (Å²) in [5.41, 5.74) is 8.37. The smallest absolute Gasteiger partial charge is 0.0910 e. The molecule has 0 bridgehead atoms. The first-order valence-electron chi connectivity index (χ1n) is 50.6. The second kappa shape index (κ2) is 35.6. The first kappa shape index (κ1) is 93.7. The second-order valence-corrected chi connectivity index (χ2v) is 49.4. The molecule has 118 heavy (non-hydrogen) atoms. The van der Waals surface area contributed by atoms with E-state index in [-0.39, 0.29) is 52.0 Å². The average Bonchev–Trinajstić information content (AvgIpc) is 1.46. The fourth-order valence-electron chi connectivity index (χ4n) is 34.6. The average molecular weight is 1640 g/mol. The molecule has 9 heteroatoms. The number of fused-ring (bicyclic) bond motifs is 20. The molecular formula is C109H182O9. The van der Waals surface area contributed by atoms with E-state index >= 15 is 0 Å². The van der Waals surface area contributed by atoms with Crippen molar-refractivity contribution in [3.05, 3.63) is 70.4 Å². The van der Waals surface area contributed by atoms with Crippen LogP contribution >= 0.6 is 0 Å². The molecule has 0 aromatic heterocycles. The van der Waals surface area contributed by atoms with E-state index in [4.69, 9.17) is 0 Å². The number of aliphatic hydroxyl groups excluding tert-OH is 5. The Kier molecular flexibility index (Phi) is 28.3. The first-order chi connectivity index (χ1) is 55.2. The second-order valence-electron chi connectivity index (χ2n) is 49.4. The van der Waals surface area contributed by atoms with Gasteiger partial charge in [-0.25, -0.2) is 0 Å². The van der Waals surface area contributed by atoms with Crippen LogP contribution < -0.4 is 0 Å². The lowest BCUT2D eigenvalue weighted by molar-refractivity contribution is -0.151. The molecule has 0 aromatic carbocycles. The van der Waals surface area contributed by atoms with Gasteiger partial charge in [0.2, 0.25) is 0 Å². The zero-order valence-corrected chi connectivity index (χ0v) is 79.3. The molecule has 12 saturated carbocycles. The standard InChI is InChI=1S/C28H48O2.C27H46O3.2C27H44O2/c1-19(2)8-6-7-15-28(5,30)25-12-11-23-22-10-9-20-18-21(29)13-16-26(20,3)24(22)14-17-27(23,25)4;1-17(2)6-11-24(29)27(5,30)23-10-9-21-20-8-7-18-16-19(28)12-14-25(18,3)22(20)13-15-26(21,23)4;2*1-18(2)7-6-14-27(5,29)24-11-10-22-21-9-8-19-17-20(28)12-15-25(19,3)23(21)13-16-26(22,24)4/h9,19,21-25,29-30H,6-8,10-18H2,1-5H3;7,17,19-24,28-30H,6,8-16H2,1-5H3;7-8,20-24,28-29H,6,9-17H2,1-5H3;8,20-24,28-29H,1,6-7,9-17H2,2-5H3/t21-,22?,23?,24?,25?,26-,27-,28-;19-,20?,21?,22?,23?,24-,25-,26-,27+;2*20-,21?,22?,23?,24?,25-,26-,27-/m0000/s1. The van der Waals surface area contributed by atoms with Crippen molar-refractivity contribution < 1.29 is 46.0 Å². The van der Waals surface area contributed by atoms with Crippen molar-refractivity contribution >= 4 is 0 Å². The van der Waals surface area contributed by atoms with Crippen molar-refractivity contribution in [3.8, 4) is 0 Å². The summed E-state index contributed by atoms with van der Waals surface area (Å²) >= 11 is 0. The van der Waals surface area contributed by atoms with Crippen LogP contribution in [0.2, 0.25) is 0 Å². The van der Waals surface area contributed by atoms with E-state index in [0.29, 0.717) is 63.6 Å². The Morgan fingerprint density at radius 2 is 0.678 bits per heavy atom. The molecule has 9 N–H and O–H groups in total. The first-order valence-corrected chi connectivity index (χ1v) is 50.6. The Labute approximate surface area is 722 Å². The SMILES string of the molecule is C=C(C)CCC[C@](C)(O)C1CCC2C3CC=C4C[C@@H](O)CC[C@]4(C)C3CC[C@@]21C.CC(C)=CCC[C@](C)(O)C1CCC2C3CC=C4C[C@@H](O)CC[C@]4(C)C3CC[C@@]21C.CC(C)CCCC[C@](C)(O)C1CCC2C3CC=C4C[C@@H](O)CC[C@]4(C)C3CC[C@@]21C.CC(C)CC[C@H](O)[C@](C)(O)C1CCC2C3CC=C4C[C@@H](O)CC[C@]4(C)C3CC[C@@]21C. The van der Waals surface area contributed by atoms with E-state index in [2.05, 4.69) is 162 Å². The number of aliphatic hydroxyl groups is 9. The summed E-state index contributed by atoms with van der Waals surface area (Å²) in [6.45, 7) is 47.8. The topological polar surface area (TPSA) is 182 Å². The summed E-state index contributed by atoms with van der Waals surface area (Å²) < 4.78 is 0. The lowest BCUT2D eigenvalue weighted by Gasteiger charge is -2.59. The van der Waals surface area contributed by atoms with E-state index in [9.17, 15) is 46.0 Å². The van der Waals surface area contributed by atoms with E-state index in [1.165, 1.54) is 158 Å². The van der Waals surface area contributed by atoms with Gasteiger partial charge in [0.05, 0.1) is 52.9 Å². The maximum absolute atomic E-state index is 11.6. The van der Waals surface area contributed by atoms with Gasteiger partial charge in [-0.1, -0.05) is 166 Å². The number of hydrogen-bond donors (Lipinski definition) is 9. The van der Waals surface area contributed by atoms with Gasteiger partial charge < -0.3 is 46.0 Å². The van der Waals surface area contributed by atoms with Gasteiger partial charge in [-0.3, -0.25) is 0 Å². The largest absolute Gasteiger partial charge is 0.393 e. The van der Waals surface area contributed by atoms with E-state index in [0.717, 1.165) is 194 Å². The van der Waals surface area contributed by atoms with Gasteiger partial charge >= 0.3 is 0 Å². The molecule has 672 valence electrons. The Bertz CT molecular complexity index is 3600. The highest BCUT2D eigenvalue weighted by molar-refractivity contribution is 5.31. The third-order valence-corrected chi connectivity index (χ3v) is 41.2. The molecule has 0 spiro atoms. The van der Waals surface area contributed by atoms with Crippen LogP contribution in [-0.2, 0) is 0 Å². The fourth-order valence-corrected chi connectivity index (χ4v) is 34.6. The van der Waals surface area contributed by atoms with Crippen LogP contribution in [0, 0.1) is 150 Å². The molecule has 0 saturated heterocycles. The fraction of sp³-hybridized carbons (Fsp3) is 0.890. The van der Waals surface area contributed by atoms with Crippen LogP contribution in [0.1, 0.15) is 408 Å². The van der Waals surface area contributed by atoms with Crippen LogP contribution in [-0.4, -0.2) is 98.9 Å². The predicted octanol–water partition coefficient (Wildman–Crippen LogP) is 25.2. The Morgan fingerprint density at radius 1 is 0.381 bits per heavy atom. The Hall–Kier alpha value is -1.92. The van der Waals surface area contributed by atoms with Crippen LogP contribution in [0.15, 0.2) is 70.4 Å². The summed E-state index contributed by atoms with van der Waals surface area (Å²) in [5, 5.41) is 98.0. The van der Waals surface area contributed by atoms with Crippen molar-refractivity contribution in [1.82, 2.24) is 0 Å². The molecule has 0 aromatic rings. The molecule has 12 fully saturated rings. The van der Waals surface area contributed by atoms with Gasteiger partial charge in [0.25, 0.3) is 0 Å². The minimum atomic E-state index is -1.00. The predicted molar refractivity (Wildman–Crippen MR) is 488 cm³/mol. The van der Waals surface area contributed by atoms with Crippen LogP contribution in [0.5, 0.6) is 0 Å². The summed E-state index contributed by atoms with van der Waals surface area (Å²) in [6, 6.07) is 0. The zero-order chi connectivity index (χ0) is 85.7. The molecule has 0 aliphatic heterocycles. The highest BCUT2D eigenvalue weighted by Gasteiger charge is 2.67. The summed E-state index contributed by atoms with van der Waals surface area (Å²) in [7, 11) is 0. The quantitative estimate of drug-likeness (QED) is 0.0423. The molecule has 16 aliphatic carbocycles. The summed E-state index contributed by atoms with van der Waals surface area (Å²) in [4.78, 5) is 0. The number of unbranched alkanes of at least 4 members (excludes halogenated alkanes) is 1. The van der Waals surface area contributed by atoms with Gasteiger partial charge in [-0.05, 0) is 455 Å². The Morgan fingerprint density at radius 3 is 0.983 bits per heavy atom. The molecular weight excluding hydrogens is 1450 g/mol. The van der Waals surface area contributed by atoms with E-state index in [1.807, 2.05) is 6.92 Å².